The molecule has 1 aromatic carbocycles. The van der Waals surface area contributed by atoms with Crippen molar-refractivity contribution in [3.63, 3.8) is 0 Å². The van der Waals surface area contributed by atoms with Crippen LogP contribution < -0.4 is 5.32 Å². The summed E-state index contributed by atoms with van der Waals surface area (Å²) in [6.45, 7) is 9.12. The molecule has 0 heterocycles. The van der Waals surface area contributed by atoms with Gasteiger partial charge in [-0.05, 0) is 31.1 Å². The molecule has 0 aliphatic rings. The van der Waals surface area contributed by atoms with Gasteiger partial charge in [-0.2, -0.15) is 0 Å². The fraction of sp³-hybridized carbons (Fsp3) is 0.176. The molecule has 112 valence electrons. The highest BCUT2D eigenvalue weighted by Crippen LogP contribution is 2.08. The molecule has 0 radical (unpaired) electrons. The molecule has 4 heteroatoms. The summed E-state index contributed by atoms with van der Waals surface area (Å²) >= 11 is 0. The number of rotatable bonds is 6. The van der Waals surface area contributed by atoms with E-state index in [1.807, 2.05) is 31.2 Å². The fourth-order valence-electron chi connectivity index (χ4n) is 1.67. The maximum absolute atomic E-state index is 11.9. The molecule has 0 aromatic heterocycles. The number of carboxylic acid groups (broad SMARTS) is 1. The van der Waals surface area contributed by atoms with E-state index >= 15 is 0 Å². The Labute approximate surface area is 125 Å². The molecule has 4 nitrogen and oxygen atoms in total. The van der Waals surface area contributed by atoms with Crippen LogP contribution in [0.2, 0.25) is 0 Å². The Morgan fingerprint density at radius 1 is 1.33 bits per heavy atom. The van der Waals surface area contributed by atoms with E-state index in [1.54, 1.807) is 24.3 Å². The van der Waals surface area contributed by atoms with Crippen LogP contribution in [0.5, 0.6) is 0 Å². The van der Waals surface area contributed by atoms with Crippen LogP contribution >= 0.6 is 0 Å². The van der Waals surface area contributed by atoms with Gasteiger partial charge in [0.25, 0.3) is 12.4 Å². The Bertz CT molecular complexity index is 492. The fourth-order valence-corrected chi connectivity index (χ4v) is 1.67. The van der Waals surface area contributed by atoms with Gasteiger partial charge in [-0.1, -0.05) is 49.6 Å². The molecule has 0 aliphatic heterocycles. The van der Waals surface area contributed by atoms with Crippen molar-refractivity contribution >= 4 is 12.4 Å². The van der Waals surface area contributed by atoms with E-state index in [9.17, 15) is 4.79 Å². The van der Waals surface area contributed by atoms with E-state index in [1.165, 1.54) is 0 Å². The minimum absolute atomic E-state index is 0.0508. The third-order valence-corrected chi connectivity index (χ3v) is 2.55. The average molecular weight is 287 g/mol. The smallest absolute Gasteiger partial charge is 0.290 e. The molecule has 0 bridgehead atoms. The van der Waals surface area contributed by atoms with Crippen LogP contribution in [-0.2, 0) is 4.79 Å². The number of allylic oxidation sites excluding steroid dienone is 3. The van der Waals surface area contributed by atoms with Crippen LogP contribution in [-0.4, -0.2) is 23.5 Å². The Hall–Kier alpha value is -2.62. The molecule has 21 heavy (non-hydrogen) atoms. The monoisotopic (exact) mass is 287 g/mol. The number of hydrogen-bond donors (Lipinski definition) is 2. The van der Waals surface area contributed by atoms with Crippen LogP contribution in [0.4, 0.5) is 0 Å². The third kappa shape index (κ3) is 8.21. The number of carbonyl (C=O) groups is 2. The number of benzene rings is 1. The van der Waals surface area contributed by atoms with Crippen molar-refractivity contribution in [3.8, 4) is 0 Å². The van der Waals surface area contributed by atoms with Crippen molar-refractivity contribution in [1.29, 1.82) is 0 Å². The van der Waals surface area contributed by atoms with Crippen LogP contribution in [0.25, 0.3) is 0 Å². The van der Waals surface area contributed by atoms with E-state index in [0.717, 1.165) is 12.0 Å². The lowest BCUT2D eigenvalue weighted by Crippen LogP contribution is -2.32. The molecule has 0 saturated carbocycles. The van der Waals surface area contributed by atoms with Crippen LogP contribution in [0.3, 0.4) is 0 Å². The molecule has 1 atom stereocenters. The number of hydrogen-bond acceptors (Lipinski definition) is 2. The summed E-state index contributed by atoms with van der Waals surface area (Å²) in [4.78, 5) is 20.3. The van der Waals surface area contributed by atoms with Crippen molar-refractivity contribution in [2.75, 3.05) is 0 Å². The molecular formula is C17H21NO3. The van der Waals surface area contributed by atoms with E-state index in [0.29, 0.717) is 5.56 Å². The Morgan fingerprint density at radius 3 is 2.38 bits per heavy atom. The van der Waals surface area contributed by atoms with Gasteiger partial charge in [0.15, 0.2) is 0 Å². The lowest BCUT2D eigenvalue weighted by Gasteiger charge is -2.14. The number of nitrogens with one attached hydrogen (secondary N) is 1. The van der Waals surface area contributed by atoms with E-state index in [4.69, 9.17) is 9.90 Å². The lowest BCUT2D eigenvalue weighted by molar-refractivity contribution is -0.122. The van der Waals surface area contributed by atoms with Crippen molar-refractivity contribution in [3.05, 3.63) is 72.9 Å². The van der Waals surface area contributed by atoms with Crippen molar-refractivity contribution in [2.24, 2.45) is 0 Å². The van der Waals surface area contributed by atoms with Gasteiger partial charge in [-0.25, -0.2) is 0 Å². The molecule has 0 saturated heterocycles. The topological polar surface area (TPSA) is 66.4 Å². The van der Waals surface area contributed by atoms with Gasteiger partial charge in [0.2, 0.25) is 0 Å². The van der Waals surface area contributed by atoms with Crippen molar-refractivity contribution in [1.82, 2.24) is 5.32 Å². The summed E-state index contributed by atoms with van der Waals surface area (Å²) in [7, 11) is 0. The largest absolute Gasteiger partial charge is 0.483 e. The SMILES string of the molecule is C=C/C=C(\C=C)CC(C)NC(=O)c1ccccc1.O=CO. The quantitative estimate of drug-likeness (QED) is 0.623. The summed E-state index contributed by atoms with van der Waals surface area (Å²) in [5.41, 5.74) is 1.74. The molecule has 1 amide bonds. The highest BCUT2D eigenvalue weighted by atomic mass is 16.3. The first-order valence-corrected chi connectivity index (χ1v) is 6.46. The Balaban J connectivity index is 0.00000122. The van der Waals surface area contributed by atoms with E-state index in [-0.39, 0.29) is 18.4 Å². The molecule has 1 rings (SSSR count). The summed E-state index contributed by atoms with van der Waals surface area (Å²) in [5.74, 6) is -0.0508. The number of carbonyl (C=O) groups excluding carboxylic acids is 1. The molecule has 0 spiro atoms. The van der Waals surface area contributed by atoms with Gasteiger partial charge in [-0.3, -0.25) is 9.59 Å². The van der Waals surface area contributed by atoms with Gasteiger partial charge in [-0.15, -0.1) is 0 Å². The minimum Gasteiger partial charge on any atom is -0.483 e. The molecule has 2 N–H and O–H groups in total. The lowest BCUT2D eigenvalue weighted by atomic mass is 10.1. The van der Waals surface area contributed by atoms with Crippen molar-refractivity contribution in [2.45, 2.75) is 19.4 Å². The highest BCUT2D eigenvalue weighted by Gasteiger charge is 2.09. The normalized spacial score (nSPS) is 11.4. The van der Waals surface area contributed by atoms with Crippen LogP contribution in [0.1, 0.15) is 23.7 Å². The van der Waals surface area contributed by atoms with Crippen LogP contribution in [0, 0.1) is 0 Å². The first kappa shape index (κ1) is 18.4. The molecule has 0 fully saturated rings. The summed E-state index contributed by atoms with van der Waals surface area (Å²) in [6, 6.07) is 9.26. The zero-order valence-electron chi connectivity index (χ0n) is 12.2. The Morgan fingerprint density at radius 2 is 1.90 bits per heavy atom. The van der Waals surface area contributed by atoms with Gasteiger partial charge in [0.05, 0.1) is 0 Å². The van der Waals surface area contributed by atoms with Gasteiger partial charge in [0.1, 0.15) is 0 Å². The maximum Gasteiger partial charge on any atom is 0.290 e. The van der Waals surface area contributed by atoms with E-state index < -0.39 is 0 Å². The molecule has 0 aliphatic carbocycles. The first-order chi connectivity index (χ1) is 10.1. The van der Waals surface area contributed by atoms with Gasteiger partial charge >= 0.3 is 0 Å². The second-order valence-electron chi connectivity index (χ2n) is 4.23. The van der Waals surface area contributed by atoms with Gasteiger partial charge < -0.3 is 10.4 Å². The van der Waals surface area contributed by atoms with Crippen molar-refractivity contribution < 1.29 is 14.7 Å². The zero-order valence-corrected chi connectivity index (χ0v) is 12.2. The van der Waals surface area contributed by atoms with Gasteiger partial charge in [0, 0.05) is 11.6 Å². The summed E-state index contributed by atoms with van der Waals surface area (Å²) in [6.07, 6.45) is 6.15. The predicted octanol–water partition coefficient (Wildman–Crippen LogP) is 3.19. The summed E-state index contributed by atoms with van der Waals surface area (Å²) < 4.78 is 0. The second-order valence-corrected chi connectivity index (χ2v) is 4.23. The minimum atomic E-state index is -0.250. The molecular weight excluding hydrogens is 266 g/mol. The highest BCUT2D eigenvalue weighted by molar-refractivity contribution is 5.94. The average Bonchev–Trinajstić information content (AvgIpc) is 2.48. The first-order valence-electron chi connectivity index (χ1n) is 6.46. The standard InChI is InChI=1S/C16H19NO.CH2O2/c1-4-9-14(5-2)12-13(3)17-16(18)15-10-7-6-8-11-15;2-1-3/h4-11,13H,1-2,12H2,3H3,(H,17,18);1H,(H,2,3)/b14-9+;. The second kappa shape index (κ2) is 11.2. The van der Waals surface area contributed by atoms with Crippen LogP contribution in [0.15, 0.2) is 67.3 Å². The number of amides is 1. The zero-order chi connectivity index (χ0) is 16.1. The molecule has 1 unspecified atom stereocenters. The Kier molecular flexibility index (Phi) is 9.83. The maximum atomic E-state index is 11.9. The third-order valence-electron chi connectivity index (χ3n) is 2.55. The predicted molar refractivity (Wildman–Crippen MR) is 85.2 cm³/mol. The summed E-state index contributed by atoms with van der Waals surface area (Å²) in [5, 5.41) is 9.85. The van der Waals surface area contributed by atoms with E-state index in [2.05, 4.69) is 18.5 Å². The molecule has 1 aromatic rings.